The summed E-state index contributed by atoms with van der Waals surface area (Å²) in [6.07, 6.45) is 5.76. The van der Waals surface area contributed by atoms with Gasteiger partial charge in [0.05, 0.1) is 15.6 Å². The highest BCUT2D eigenvalue weighted by molar-refractivity contribution is 9.10. The molecule has 1 aromatic carbocycles. The first-order valence-electron chi connectivity index (χ1n) is 6.80. The van der Waals surface area contributed by atoms with E-state index in [-0.39, 0.29) is 0 Å². The van der Waals surface area contributed by atoms with E-state index in [0.717, 1.165) is 33.9 Å². The minimum Gasteiger partial charge on any atom is -0.387 e. The van der Waals surface area contributed by atoms with E-state index in [2.05, 4.69) is 21.2 Å². The normalized spacial score (nSPS) is 15.0. The molecule has 5 heteroatoms. The third-order valence-corrected chi connectivity index (χ3v) is 5.60. The molecule has 0 radical (unpaired) electrons. The summed E-state index contributed by atoms with van der Waals surface area (Å²) >= 11 is 16.1. The van der Waals surface area contributed by atoms with E-state index in [0.29, 0.717) is 10.0 Å². The molecule has 2 aromatic rings. The summed E-state index contributed by atoms with van der Waals surface area (Å²) < 4.78 is 0.809. The van der Waals surface area contributed by atoms with Crippen molar-refractivity contribution < 1.29 is 0 Å². The van der Waals surface area contributed by atoms with Gasteiger partial charge in [0.1, 0.15) is 0 Å². The number of nitrogens with zero attached hydrogens (tertiary/aromatic N) is 1. The lowest BCUT2D eigenvalue weighted by molar-refractivity contribution is 0.709. The van der Waals surface area contributed by atoms with Crippen LogP contribution in [0.2, 0.25) is 10.0 Å². The zero-order chi connectivity index (χ0) is 14.3. The van der Waals surface area contributed by atoms with Crippen LogP contribution in [0.25, 0.3) is 10.9 Å². The second kappa shape index (κ2) is 5.70. The molecule has 2 nitrogen and oxygen atoms in total. The highest BCUT2D eigenvalue weighted by Gasteiger charge is 2.20. The van der Waals surface area contributed by atoms with Crippen molar-refractivity contribution in [3.63, 3.8) is 0 Å². The van der Waals surface area contributed by atoms with Crippen LogP contribution in [-0.4, -0.2) is 12.0 Å². The molecule has 1 aromatic heterocycles. The zero-order valence-electron chi connectivity index (χ0n) is 11.2. The number of fused-ring (bicyclic) bond motifs is 2. The van der Waals surface area contributed by atoms with Gasteiger partial charge in [-0.25, -0.2) is 0 Å². The van der Waals surface area contributed by atoms with Crippen LogP contribution in [0.15, 0.2) is 10.5 Å². The van der Waals surface area contributed by atoms with E-state index in [1.807, 2.05) is 13.1 Å². The van der Waals surface area contributed by atoms with Gasteiger partial charge in [-0.15, -0.1) is 0 Å². The standard InChI is InChI=1S/C15H15BrCl2N2/c1-19-14-8-5-3-2-4-6-11(8)20-15-9(14)7-10(16)12(17)13(15)18/h7H,2-6H2,1H3,(H,19,20). The first kappa shape index (κ1) is 14.4. The van der Waals surface area contributed by atoms with Crippen molar-refractivity contribution in [1.29, 1.82) is 0 Å². The SMILES string of the molecule is CNc1c2c(nc3c(Cl)c(Cl)c(Br)cc13)CCCCC2. The summed E-state index contributed by atoms with van der Waals surface area (Å²) in [6.45, 7) is 0. The fraction of sp³-hybridized carbons (Fsp3) is 0.400. The van der Waals surface area contributed by atoms with Gasteiger partial charge in [0.25, 0.3) is 0 Å². The molecule has 1 aliphatic carbocycles. The Labute approximate surface area is 137 Å². The van der Waals surface area contributed by atoms with Crippen LogP contribution in [0.3, 0.4) is 0 Å². The summed E-state index contributed by atoms with van der Waals surface area (Å²) in [6, 6.07) is 2.01. The van der Waals surface area contributed by atoms with E-state index < -0.39 is 0 Å². The van der Waals surface area contributed by atoms with Crippen LogP contribution in [-0.2, 0) is 12.8 Å². The lowest BCUT2D eigenvalue weighted by Crippen LogP contribution is -2.04. The number of hydrogen-bond donors (Lipinski definition) is 1. The molecule has 0 amide bonds. The maximum atomic E-state index is 6.39. The number of hydrogen-bond acceptors (Lipinski definition) is 2. The van der Waals surface area contributed by atoms with Gasteiger partial charge >= 0.3 is 0 Å². The molecule has 20 heavy (non-hydrogen) atoms. The van der Waals surface area contributed by atoms with Crippen LogP contribution >= 0.6 is 39.1 Å². The van der Waals surface area contributed by atoms with Gasteiger partial charge in [-0.1, -0.05) is 29.6 Å². The minimum absolute atomic E-state index is 0.527. The maximum Gasteiger partial charge on any atom is 0.0928 e. The topological polar surface area (TPSA) is 24.9 Å². The molecular weight excluding hydrogens is 359 g/mol. The van der Waals surface area contributed by atoms with Crippen molar-refractivity contribution in [3.05, 3.63) is 31.8 Å². The molecule has 0 saturated heterocycles. The molecule has 0 atom stereocenters. The van der Waals surface area contributed by atoms with E-state index in [1.165, 1.54) is 30.5 Å². The Morgan fingerprint density at radius 2 is 1.90 bits per heavy atom. The van der Waals surface area contributed by atoms with Crippen LogP contribution in [0.5, 0.6) is 0 Å². The number of anilines is 1. The van der Waals surface area contributed by atoms with Crippen molar-refractivity contribution in [2.45, 2.75) is 32.1 Å². The molecule has 3 rings (SSSR count). The molecule has 1 heterocycles. The summed E-state index contributed by atoms with van der Waals surface area (Å²) in [5.74, 6) is 0. The van der Waals surface area contributed by atoms with Gasteiger partial charge in [-0.2, -0.15) is 0 Å². The number of aryl methyl sites for hydroxylation is 1. The zero-order valence-corrected chi connectivity index (χ0v) is 14.3. The highest BCUT2D eigenvalue weighted by Crippen LogP contribution is 2.41. The number of pyridine rings is 1. The quantitative estimate of drug-likeness (QED) is 0.518. The first-order valence-corrected chi connectivity index (χ1v) is 8.35. The Morgan fingerprint density at radius 3 is 2.65 bits per heavy atom. The second-order valence-corrected chi connectivity index (χ2v) is 6.72. The van der Waals surface area contributed by atoms with Gasteiger partial charge in [-0.05, 0) is 53.2 Å². The lowest BCUT2D eigenvalue weighted by Gasteiger charge is -2.16. The Bertz CT molecular complexity index is 686. The summed E-state index contributed by atoms with van der Waals surface area (Å²) in [7, 11) is 1.95. The maximum absolute atomic E-state index is 6.39. The van der Waals surface area contributed by atoms with E-state index in [9.17, 15) is 0 Å². The van der Waals surface area contributed by atoms with Crippen molar-refractivity contribution >= 4 is 55.7 Å². The minimum atomic E-state index is 0.527. The molecule has 0 bridgehead atoms. The first-order chi connectivity index (χ1) is 9.63. The predicted octanol–water partition coefficient (Wildman–Crippen LogP) is 5.61. The molecule has 0 fully saturated rings. The summed E-state index contributed by atoms with van der Waals surface area (Å²) in [5.41, 5.74) is 4.44. The molecule has 1 aliphatic rings. The molecule has 0 saturated carbocycles. The lowest BCUT2D eigenvalue weighted by atomic mass is 10.0. The smallest absolute Gasteiger partial charge is 0.0928 e. The van der Waals surface area contributed by atoms with Gasteiger partial charge in [0.15, 0.2) is 0 Å². The Balaban J connectivity index is 2.39. The Morgan fingerprint density at radius 1 is 1.15 bits per heavy atom. The second-order valence-electron chi connectivity index (χ2n) is 5.11. The van der Waals surface area contributed by atoms with Crippen LogP contribution < -0.4 is 5.32 Å². The van der Waals surface area contributed by atoms with Crippen LogP contribution in [0.1, 0.15) is 30.5 Å². The largest absolute Gasteiger partial charge is 0.387 e. The molecule has 0 spiro atoms. The average molecular weight is 374 g/mol. The molecule has 0 aliphatic heterocycles. The van der Waals surface area contributed by atoms with E-state index in [1.54, 1.807) is 0 Å². The Hall–Kier alpha value is -0.510. The van der Waals surface area contributed by atoms with Gasteiger partial charge in [0, 0.05) is 28.3 Å². The Kier molecular flexibility index (Phi) is 4.11. The van der Waals surface area contributed by atoms with Crippen LogP contribution in [0, 0.1) is 0 Å². The predicted molar refractivity (Wildman–Crippen MR) is 90.3 cm³/mol. The number of aromatic nitrogens is 1. The van der Waals surface area contributed by atoms with Crippen LogP contribution in [0.4, 0.5) is 5.69 Å². The fourth-order valence-electron chi connectivity index (χ4n) is 2.93. The number of nitrogens with one attached hydrogen (secondary N) is 1. The van der Waals surface area contributed by atoms with Gasteiger partial charge in [-0.3, -0.25) is 4.98 Å². The van der Waals surface area contributed by atoms with Crippen molar-refractivity contribution in [2.24, 2.45) is 0 Å². The summed E-state index contributed by atoms with van der Waals surface area (Å²) in [4.78, 5) is 4.81. The van der Waals surface area contributed by atoms with Crippen molar-refractivity contribution in [2.75, 3.05) is 12.4 Å². The monoisotopic (exact) mass is 372 g/mol. The van der Waals surface area contributed by atoms with E-state index in [4.69, 9.17) is 28.2 Å². The molecular formula is C15H15BrCl2N2. The van der Waals surface area contributed by atoms with E-state index >= 15 is 0 Å². The van der Waals surface area contributed by atoms with Crippen molar-refractivity contribution in [3.8, 4) is 0 Å². The number of benzene rings is 1. The average Bonchev–Trinajstić information content (AvgIpc) is 2.68. The molecule has 106 valence electrons. The third kappa shape index (κ3) is 2.30. The number of halogens is 3. The number of rotatable bonds is 1. The highest BCUT2D eigenvalue weighted by atomic mass is 79.9. The summed E-state index contributed by atoms with van der Waals surface area (Å²) in [5, 5.41) is 5.43. The van der Waals surface area contributed by atoms with Crippen molar-refractivity contribution in [1.82, 2.24) is 4.98 Å². The fourth-order valence-corrected chi connectivity index (χ4v) is 3.86. The molecule has 1 N–H and O–H groups in total. The van der Waals surface area contributed by atoms with Gasteiger partial charge in [0.2, 0.25) is 0 Å². The molecule has 0 unspecified atom stereocenters. The third-order valence-electron chi connectivity index (χ3n) is 3.89. The van der Waals surface area contributed by atoms with Gasteiger partial charge < -0.3 is 5.32 Å².